The Hall–Kier alpha value is -0.610. The molecule has 104 valence electrons. The van der Waals surface area contributed by atoms with Gasteiger partial charge in [0.25, 0.3) is 0 Å². The number of nitrogens with two attached hydrogens (primary N) is 1. The molecular weight excluding hydrogens is 226 g/mol. The maximum atomic E-state index is 12.4. The Morgan fingerprint density at radius 2 is 1.94 bits per heavy atom. The highest BCUT2D eigenvalue weighted by Crippen LogP contribution is 2.32. The lowest BCUT2D eigenvalue weighted by Crippen LogP contribution is -2.50. The van der Waals surface area contributed by atoms with Crippen molar-refractivity contribution >= 4 is 5.91 Å². The molecule has 1 heterocycles. The number of piperazine rings is 1. The second-order valence-electron chi connectivity index (χ2n) is 5.82. The Kier molecular flexibility index (Phi) is 5.01. The van der Waals surface area contributed by atoms with E-state index < -0.39 is 0 Å². The first-order valence-electron chi connectivity index (χ1n) is 7.43. The van der Waals surface area contributed by atoms with Gasteiger partial charge in [0.1, 0.15) is 0 Å². The molecule has 18 heavy (non-hydrogen) atoms. The molecule has 0 bridgehead atoms. The first-order valence-corrected chi connectivity index (χ1v) is 7.43. The van der Waals surface area contributed by atoms with Gasteiger partial charge in [-0.3, -0.25) is 9.69 Å². The zero-order chi connectivity index (χ0) is 13.0. The normalized spacial score (nSPS) is 29.8. The van der Waals surface area contributed by atoms with Crippen LogP contribution in [0, 0.1) is 11.8 Å². The predicted octanol–water partition coefficient (Wildman–Crippen LogP) is 0.916. The van der Waals surface area contributed by atoms with Gasteiger partial charge in [0.2, 0.25) is 5.91 Å². The van der Waals surface area contributed by atoms with E-state index in [0.29, 0.717) is 17.7 Å². The van der Waals surface area contributed by atoms with Gasteiger partial charge in [-0.25, -0.2) is 0 Å². The molecule has 4 nitrogen and oxygen atoms in total. The predicted molar refractivity (Wildman–Crippen MR) is 73.2 cm³/mol. The first-order chi connectivity index (χ1) is 8.72. The van der Waals surface area contributed by atoms with Crippen molar-refractivity contribution in [3.8, 4) is 0 Å². The molecule has 0 aromatic carbocycles. The monoisotopic (exact) mass is 253 g/mol. The average Bonchev–Trinajstić information content (AvgIpc) is 2.82. The molecule has 1 aliphatic heterocycles. The minimum Gasteiger partial charge on any atom is -0.340 e. The maximum Gasteiger partial charge on any atom is 0.226 e. The average molecular weight is 253 g/mol. The van der Waals surface area contributed by atoms with Crippen LogP contribution in [0.4, 0.5) is 0 Å². The summed E-state index contributed by atoms with van der Waals surface area (Å²) >= 11 is 0. The molecule has 2 fully saturated rings. The standard InChI is InChI=1S/C14H27N3O/c1-12-4-2-5-13(12)14(18)17-10-8-16(9-11-17)7-3-6-15/h12-13H,2-11,15H2,1H3. The summed E-state index contributed by atoms with van der Waals surface area (Å²) in [5, 5.41) is 0. The summed E-state index contributed by atoms with van der Waals surface area (Å²) in [6.07, 6.45) is 4.63. The maximum absolute atomic E-state index is 12.4. The van der Waals surface area contributed by atoms with Crippen LogP contribution in [0.3, 0.4) is 0 Å². The fourth-order valence-corrected chi connectivity index (χ4v) is 3.25. The zero-order valence-corrected chi connectivity index (χ0v) is 11.6. The molecular formula is C14H27N3O. The zero-order valence-electron chi connectivity index (χ0n) is 11.6. The molecule has 0 radical (unpaired) electrons. The van der Waals surface area contributed by atoms with E-state index in [1.165, 1.54) is 12.8 Å². The van der Waals surface area contributed by atoms with Gasteiger partial charge < -0.3 is 10.6 Å². The number of hydrogen-bond donors (Lipinski definition) is 1. The molecule has 1 aliphatic carbocycles. The third kappa shape index (κ3) is 3.23. The lowest BCUT2D eigenvalue weighted by atomic mass is 9.96. The highest BCUT2D eigenvalue weighted by molar-refractivity contribution is 5.79. The summed E-state index contributed by atoms with van der Waals surface area (Å²) in [7, 11) is 0. The second-order valence-corrected chi connectivity index (χ2v) is 5.82. The molecule has 0 aromatic heterocycles. The van der Waals surface area contributed by atoms with Crippen molar-refractivity contribution in [2.45, 2.75) is 32.6 Å². The number of hydrogen-bond acceptors (Lipinski definition) is 3. The highest BCUT2D eigenvalue weighted by Gasteiger charge is 2.33. The van der Waals surface area contributed by atoms with Gasteiger partial charge in [-0.15, -0.1) is 0 Å². The van der Waals surface area contributed by atoms with Gasteiger partial charge >= 0.3 is 0 Å². The van der Waals surface area contributed by atoms with E-state index in [0.717, 1.165) is 52.1 Å². The fourth-order valence-electron chi connectivity index (χ4n) is 3.25. The first kappa shape index (κ1) is 13.8. The Morgan fingerprint density at radius 1 is 1.22 bits per heavy atom. The molecule has 2 rings (SSSR count). The molecule has 0 aromatic rings. The molecule has 2 atom stereocenters. The summed E-state index contributed by atoms with van der Waals surface area (Å²) in [5.41, 5.74) is 5.53. The van der Waals surface area contributed by atoms with Gasteiger partial charge in [0.05, 0.1) is 0 Å². The fraction of sp³-hybridized carbons (Fsp3) is 0.929. The van der Waals surface area contributed by atoms with Crippen molar-refractivity contribution in [3.05, 3.63) is 0 Å². The molecule has 1 amide bonds. The van der Waals surface area contributed by atoms with Crippen LogP contribution in [-0.2, 0) is 4.79 Å². The third-order valence-electron chi connectivity index (χ3n) is 4.54. The molecule has 1 saturated carbocycles. The summed E-state index contributed by atoms with van der Waals surface area (Å²) in [6, 6.07) is 0. The van der Waals surface area contributed by atoms with Crippen molar-refractivity contribution in [1.82, 2.24) is 9.80 Å². The lowest BCUT2D eigenvalue weighted by Gasteiger charge is -2.36. The van der Waals surface area contributed by atoms with Crippen molar-refractivity contribution in [3.63, 3.8) is 0 Å². The van der Waals surface area contributed by atoms with E-state index in [4.69, 9.17) is 5.73 Å². The van der Waals surface area contributed by atoms with Crippen LogP contribution in [0.1, 0.15) is 32.6 Å². The van der Waals surface area contributed by atoms with E-state index >= 15 is 0 Å². The van der Waals surface area contributed by atoms with Crippen molar-refractivity contribution in [2.75, 3.05) is 39.3 Å². The summed E-state index contributed by atoms with van der Waals surface area (Å²) in [6.45, 7) is 7.93. The molecule has 2 N–H and O–H groups in total. The number of carbonyl (C=O) groups is 1. The smallest absolute Gasteiger partial charge is 0.226 e. The van der Waals surface area contributed by atoms with E-state index in [9.17, 15) is 4.79 Å². The van der Waals surface area contributed by atoms with Crippen LogP contribution in [0.25, 0.3) is 0 Å². The SMILES string of the molecule is CC1CCCC1C(=O)N1CCN(CCCN)CC1. The van der Waals surface area contributed by atoms with Crippen LogP contribution in [0.2, 0.25) is 0 Å². The Morgan fingerprint density at radius 3 is 2.50 bits per heavy atom. The quantitative estimate of drug-likeness (QED) is 0.810. The Bertz CT molecular complexity index is 274. The largest absolute Gasteiger partial charge is 0.340 e. The van der Waals surface area contributed by atoms with Crippen LogP contribution >= 0.6 is 0 Å². The minimum absolute atomic E-state index is 0.306. The topological polar surface area (TPSA) is 49.6 Å². The van der Waals surface area contributed by atoms with Crippen LogP contribution in [0.15, 0.2) is 0 Å². The summed E-state index contributed by atoms with van der Waals surface area (Å²) < 4.78 is 0. The number of amides is 1. The highest BCUT2D eigenvalue weighted by atomic mass is 16.2. The van der Waals surface area contributed by atoms with E-state index in [-0.39, 0.29) is 0 Å². The second kappa shape index (κ2) is 6.53. The molecule has 4 heteroatoms. The summed E-state index contributed by atoms with van der Waals surface area (Å²) in [5.74, 6) is 1.31. The van der Waals surface area contributed by atoms with Gasteiger partial charge in [0.15, 0.2) is 0 Å². The van der Waals surface area contributed by atoms with Gasteiger partial charge in [-0.1, -0.05) is 13.3 Å². The molecule has 0 spiro atoms. The summed E-state index contributed by atoms with van der Waals surface area (Å²) in [4.78, 5) is 16.9. The molecule has 2 aliphatic rings. The van der Waals surface area contributed by atoms with Crippen molar-refractivity contribution in [1.29, 1.82) is 0 Å². The number of carbonyl (C=O) groups excluding carboxylic acids is 1. The number of nitrogens with zero attached hydrogens (tertiary/aromatic N) is 2. The lowest BCUT2D eigenvalue weighted by molar-refractivity contribution is -0.138. The number of rotatable bonds is 4. The third-order valence-corrected chi connectivity index (χ3v) is 4.54. The Balaban J connectivity index is 1.77. The van der Waals surface area contributed by atoms with Crippen LogP contribution in [-0.4, -0.2) is 55.0 Å². The van der Waals surface area contributed by atoms with Crippen molar-refractivity contribution in [2.24, 2.45) is 17.6 Å². The van der Waals surface area contributed by atoms with E-state index in [1.807, 2.05) is 0 Å². The van der Waals surface area contributed by atoms with Gasteiger partial charge in [0, 0.05) is 32.1 Å². The van der Waals surface area contributed by atoms with Crippen LogP contribution in [0.5, 0.6) is 0 Å². The van der Waals surface area contributed by atoms with Crippen LogP contribution < -0.4 is 5.73 Å². The molecule has 1 saturated heterocycles. The molecule has 2 unspecified atom stereocenters. The minimum atomic E-state index is 0.306. The Labute approximate surface area is 110 Å². The van der Waals surface area contributed by atoms with E-state index in [1.54, 1.807) is 0 Å². The van der Waals surface area contributed by atoms with Gasteiger partial charge in [-0.2, -0.15) is 0 Å². The van der Waals surface area contributed by atoms with Gasteiger partial charge in [-0.05, 0) is 38.3 Å². The van der Waals surface area contributed by atoms with E-state index in [2.05, 4.69) is 16.7 Å². The van der Waals surface area contributed by atoms with Crippen molar-refractivity contribution < 1.29 is 4.79 Å².